The van der Waals surface area contributed by atoms with Gasteiger partial charge >= 0.3 is 0 Å². The first-order valence-corrected chi connectivity index (χ1v) is 13.5. The molecule has 4 rings (SSSR count). The molecule has 0 saturated heterocycles. The van der Waals surface area contributed by atoms with Crippen LogP contribution >= 0.6 is 22.9 Å². The minimum atomic E-state index is -3.78. The topological polar surface area (TPSA) is 101 Å². The Morgan fingerprint density at radius 2 is 1.60 bits per heavy atom. The van der Waals surface area contributed by atoms with Crippen LogP contribution in [0.1, 0.15) is 6.92 Å². The molecule has 0 aliphatic heterocycles. The first kappa shape index (κ1) is 24.6. The number of hydrogen-bond donors (Lipinski definition) is 1. The lowest BCUT2D eigenvalue weighted by Crippen LogP contribution is -2.45. The fourth-order valence-corrected chi connectivity index (χ4v) is 5.34. The van der Waals surface area contributed by atoms with E-state index in [1.165, 1.54) is 18.3 Å². The number of aromatic nitrogens is 2. The maximum atomic E-state index is 13.0. The molecule has 0 fully saturated rings. The van der Waals surface area contributed by atoms with Crippen molar-refractivity contribution in [2.75, 3.05) is 15.9 Å². The predicted molar refractivity (Wildman–Crippen MR) is 139 cm³/mol. The van der Waals surface area contributed by atoms with Gasteiger partial charge in [-0.15, -0.1) is 10.2 Å². The third kappa shape index (κ3) is 6.16. The molecule has 0 aliphatic rings. The van der Waals surface area contributed by atoms with Gasteiger partial charge in [-0.25, -0.2) is 8.42 Å². The number of anilines is 2. The number of benzene rings is 3. The molecular weight excluding hydrogens is 508 g/mol. The maximum Gasteiger partial charge on any atom is 0.249 e. The van der Waals surface area contributed by atoms with E-state index in [0.717, 1.165) is 16.1 Å². The summed E-state index contributed by atoms with van der Waals surface area (Å²) in [5.41, 5.74) is 1.13. The van der Waals surface area contributed by atoms with Crippen molar-refractivity contribution in [2.45, 2.75) is 13.0 Å². The second kappa shape index (κ2) is 10.4. The average molecular weight is 529 g/mol. The third-order valence-corrected chi connectivity index (χ3v) is 7.29. The quantitative estimate of drug-likeness (QED) is 0.326. The van der Waals surface area contributed by atoms with E-state index in [2.05, 4.69) is 15.5 Å². The monoisotopic (exact) mass is 528 g/mol. The molecule has 11 heteroatoms. The number of amides is 1. The summed E-state index contributed by atoms with van der Waals surface area (Å²) in [6, 6.07) is 21.7. The van der Waals surface area contributed by atoms with Gasteiger partial charge in [-0.3, -0.25) is 14.4 Å². The number of ether oxygens (including phenoxy) is 1. The highest BCUT2D eigenvalue weighted by Crippen LogP contribution is 2.29. The van der Waals surface area contributed by atoms with Crippen LogP contribution in [0, 0.1) is 0 Å². The summed E-state index contributed by atoms with van der Waals surface area (Å²) in [5, 5.41) is 12.2. The van der Waals surface area contributed by atoms with Gasteiger partial charge in [0.1, 0.15) is 22.5 Å². The van der Waals surface area contributed by atoms with Crippen molar-refractivity contribution in [3.05, 3.63) is 83.9 Å². The first-order chi connectivity index (χ1) is 16.7. The molecule has 0 aliphatic carbocycles. The summed E-state index contributed by atoms with van der Waals surface area (Å²) >= 11 is 7.09. The van der Waals surface area contributed by atoms with E-state index in [0.29, 0.717) is 27.2 Å². The van der Waals surface area contributed by atoms with Gasteiger partial charge in [0.2, 0.25) is 21.1 Å². The van der Waals surface area contributed by atoms with Crippen molar-refractivity contribution in [3.63, 3.8) is 0 Å². The molecule has 8 nitrogen and oxygen atoms in total. The summed E-state index contributed by atoms with van der Waals surface area (Å²) in [6.07, 6.45) is 1.05. The summed E-state index contributed by atoms with van der Waals surface area (Å²) in [5.74, 6) is 0.649. The number of halogens is 1. The zero-order chi connectivity index (χ0) is 25.0. The Morgan fingerprint density at radius 3 is 2.23 bits per heavy atom. The molecule has 35 heavy (non-hydrogen) atoms. The van der Waals surface area contributed by atoms with Crippen LogP contribution in [0.3, 0.4) is 0 Å². The molecular formula is C24H21ClN4O4S2. The van der Waals surface area contributed by atoms with Crippen LogP contribution in [0.25, 0.3) is 10.6 Å². The van der Waals surface area contributed by atoms with Gasteiger partial charge in [0.25, 0.3) is 0 Å². The van der Waals surface area contributed by atoms with Gasteiger partial charge in [-0.2, -0.15) is 0 Å². The third-order valence-electron chi connectivity index (χ3n) is 4.90. The van der Waals surface area contributed by atoms with Crippen molar-refractivity contribution in [2.24, 2.45) is 0 Å². The Labute approximate surface area is 212 Å². The minimum absolute atomic E-state index is 0.256. The number of carbonyl (C=O) groups is 1. The van der Waals surface area contributed by atoms with E-state index in [9.17, 15) is 13.2 Å². The van der Waals surface area contributed by atoms with Crippen molar-refractivity contribution < 1.29 is 17.9 Å². The van der Waals surface area contributed by atoms with E-state index in [4.69, 9.17) is 16.3 Å². The van der Waals surface area contributed by atoms with Gasteiger partial charge in [-0.1, -0.05) is 53.3 Å². The number of hydrogen-bond acceptors (Lipinski definition) is 7. The van der Waals surface area contributed by atoms with Crippen LogP contribution in [0.4, 0.5) is 10.8 Å². The molecule has 1 aromatic heterocycles. The Morgan fingerprint density at radius 1 is 0.971 bits per heavy atom. The molecule has 0 spiro atoms. The first-order valence-electron chi connectivity index (χ1n) is 10.4. The standard InChI is InChI=1S/C24H21ClN4O4S2/c1-16(22(30)26-24-28-27-23(34-24)17-8-10-18(25)11-9-17)29(35(2,31)32)19-12-14-21(15-13-19)33-20-6-4-3-5-7-20/h3-16H,1-2H3,(H,26,28,30)/t16-/m1/s1. The van der Waals surface area contributed by atoms with Gasteiger partial charge < -0.3 is 4.74 Å². The smallest absolute Gasteiger partial charge is 0.249 e. The van der Waals surface area contributed by atoms with Crippen molar-refractivity contribution in [3.8, 4) is 22.1 Å². The van der Waals surface area contributed by atoms with Crippen LogP contribution in [0.2, 0.25) is 5.02 Å². The van der Waals surface area contributed by atoms with Crippen LogP contribution in [-0.4, -0.2) is 36.8 Å². The molecule has 1 amide bonds. The molecule has 3 aromatic carbocycles. The van der Waals surface area contributed by atoms with Crippen molar-refractivity contribution >= 4 is 49.7 Å². The van der Waals surface area contributed by atoms with Crippen molar-refractivity contribution in [1.82, 2.24) is 10.2 Å². The van der Waals surface area contributed by atoms with Crippen LogP contribution in [0.5, 0.6) is 11.5 Å². The largest absolute Gasteiger partial charge is 0.457 e. The number of nitrogens with zero attached hydrogens (tertiary/aromatic N) is 3. The fraction of sp³-hybridized carbons (Fsp3) is 0.125. The lowest BCUT2D eigenvalue weighted by Gasteiger charge is -2.28. The Kier molecular flexibility index (Phi) is 7.34. The summed E-state index contributed by atoms with van der Waals surface area (Å²) in [6.45, 7) is 1.51. The molecule has 1 atom stereocenters. The Balaban J connectivity index is 1.49. The van der Waals surface area contributed by atoms with E-state index in [1.54, 1.807) is 48.5 Å². The molecule has 1 heterocycles. The normalized spacial score (nSPS) is 12.1. The second-order valence-corrected chi connectivity index (χ2v) is 10.8. The zero-order valence-electron chi connectivity index (χ0n) is 18.8. The van der Waals surface area contributed by atoms with Crippen LogP contribution < -0.4 is 14.4 Å². The lowest BCUT2D eigenvalue weighted by atomic mass is 10.2. The van der Waals surface area contributed by atoms with Gasteiger partial charge in [0.15, 0.2) is 0 Å². The minimum Gasteiger partial charge on any atom is -0.457 e. The lowest BCUT2D eigenvalue weighted by molar-refractivity contribution is -0.116. The molecule has 4 aromatic rings. The maximum absolute atomic E-state index is 13.0. The van der Waals surface area contributed by atoms with Crippen LogP contribution in [0.15, 0.2) is 78.9 Å². The highest BCUT2D eigenvalue weighted by Gasteiger charge is 2.30. The number of carbonyl (C=O) groups excluding carboxylic acids is 1. The van der Waals surface area contributed by atoms with Crippen molar-refractivity contribution in [1.29, 1.82) is 0 Å². The molecule has 0 saturated carbocycles. The SMILES string of the molecule is C[C@H](C(=O)Nc1nnc(-c2ccc(Cl)cc2)s1)N(c1ccc(Oc2ccccc2)cc1)S(C)(=O)=O. The van der Waals surface area contributed by atoms with Crippen LogP contribution in [-0.2, 0) is 14.8 Å². The van der Waals surface area contributed by atoms with E-state index >= 15 is 0 Å². The van der Waals surface area contributed by atoms with E-state index in [1.807, 2.05) is 30.3 Å². The predicted octanol–water partition coefficient (Wildman–Crippen LogP) is 5.44. The number of rotatable bonds is 8. The summed E-state index contributed by atoms with van der Waals surface area (Å²) < 4.78 is 32.0. The number of para-hydroxylation sites is 1. The van der Waals surface area contributed by atoms with Gasteiger partial charge in [0.05, 0.1) is 11.9 Å². The summed E-state index contributed by atoms with van der Waals surface area (Å²) in [7, 11) is -3.78. The molecule has 0 unspecified atom stereocenters. The Bertz CT molecular complexity index is 1410. The molecule has 1 N–H and O–H groups in total. The zero-order valence-corrected chi connectivity index (χ0v) is 21.1. The van der Waals surface area contributed by atoms with Gasteiger partial charge in [-0.05, 0) is 55.5 Å². The number of nitrogens with one attached hydrogen (secondary N) is 1. The molecule has 0 radical (unpaired) electrons. The summed E-state index contributed by atoms with van der Waals surface area (Å²) in [4.78, 5) is 13.0. The average Bonchev–Trinajstić information content (AvgIpc) is 3.29. The Hall–Kier alpha value is -3.47. The molecule has 180 valence electrons. The van der Waals surface area contributed by atoms with E-state index in [-0.39, 0.29) is 5.13 Å². The van der Waals surface area contributed by atoms with Gasteiger partial charge in [0, 0.05) is 10.6 Å². The second-order valence-electron chi connectivity index (χ2n) is 7.55. The number of sulfonamides is 1. The highest BCUT2D eigenvalue weighted by molar-refractivity contribution is 7.92. The highest BCUT2D eigenvalue weighted by atomic mass is 35.5. The fourth-order valence-electron chi connectivity index (χ4n) is 3.29. The molecule has 0 bridgehead atoms. The van der Waals surface area contributed by atoms with E-state index < -0.39 is 22.0 Å².